The SMILES string of the molecule is O=C1OCC2=C1C(O)CS2. The second-order valence-electron chi connectivity index (χ2n) is 2.24. The Morgan fingerprint density at radius 3 is 3.20 bits per heavy atom. The number of hydrogen-bond acceptors (Lipinski definition) is 4. The molecule has 0 aromatic rings. The smallest absolute Gasteiger partial charge is 0.337 e. The van der Waals surface area contributed by atoms with Crippen molar-refractivity contribution in [1.29, 1.82) is 0 Å². The van der Waals surface area contributed by atoms with Crippen LogP contribution < -0.4 is 0 Å². The molecule has 0 radical (unpaired) electrons. The molecular formula is C6H6O3S. The summed E-state index contributed by atoms with van der Waals surface area (Å²) in [7, 11) is 0. The minimum atomic E-state index is -0.588. The maximum atomic E-state index is 10.8. The summed E-state index contributed by atoms with van der Waals surface area (Å²) in [5, 5.41) is 9.19. The van der Waals surface area contributed by atoms with Gasteiger partial charge in [-0.3, -0.25) is 0 Å². The second-order valence-corrected chi connectivity index (χ2v) is 3.35. The van der Waals surface area contributed by atoms with Crippen LogP contribution in [0.5, 0.6) is 0 Å². The van der Waals surface area contributed by atoms with E-state index in [1.54, 1.807) is 0 Å². The van der Waals surface area contributed by atoms with E-state index in [2.05, 4.69) is 0 Å². The van der Waals surface area contributed by atoms with E-state index in [4.69, 9.17) is 4.74 Å². The van der Waals surface area contributed by atoms with Crippen molar-refractivity contribution >= 4 is 17.7 Å². The van der Waals surface area contributed by atoms with Crippen LogP contribution in [0, 0.1) is 0 Å². The van der Waals surface area contributed by atoms with E-state index in [-0.39, 0.29) is 5.97 Å². The molecule has 0 amide bonds. The Bertz CT molecular complexity index is 221. The Morgan fingerprint density at radius 1 is 1.70 bits per heavy atom. The Hall–Kier alpha value is -0.480. The normalized spacial score (nSPS) is 30.9. The molecule has 0 spiro atoms. The molecule has 2 aliphatic rings. The van der Waals surface area contributed by atoms with Crippen LogP contribution in [0.1, 0.15) is 0 Å². The molecule has 0 fully saturated rings. The molecule has 1 atom stereocenters. The van der Waals surface area contributed by atoms with Crippen LogP contribution in [0.2, 0.25) is 0 Å². The molecule has 3 nitrogen and oxygen atoms in total. The average Bonchev–Trinajstić information content (AvgIpc) is 2.40. The number of ether oxygens (including phenoxy) is 1. The van der Waals surface area contributed by atoms with Crippen LogP contribution in [-0.4, -0.2) is 29.5 Å². The molecule has 54 valence electrons. The van der Waals surface area contributed by atoms with Gasteiger partial charge in [0.1, 0.15) is 6.61 Å². The fourth-order valence-corrected chi connectivity index (χ4v) is 2.15. The average molecular weight is 158 g/mol. The third-order valence-corrected chi connectivity index (χ3v) is 2.77. The number of rotatable bonds is 0. The van der Waals surface area contributed by atoms with Crippen molar-refractivity contribution in [2.45, 2.75) is 6.10 Å². The molecule has 0 saturated carbocycles. The summed E-state index contributed by atoms with van der Waals surface area (Å²) in [5.41, 5.74) is 0.491. The van der Waals surface area contributed by atoms with E-state index in [1.165, 1.54) is 11.8 Å². The van der Waals surface area contributed by atoms with Crippen LogP contribution in [0.4, 0.5) is 0 Å². The maximum absolute atomic E-state index is 10.8. The summed E-state index contributed by atoms with van der Waals surface area (Å²) < 4.78 is 4.70. The molecule has 0 aliphatic carbocycles. The van der Waals surface area contributed by atoms with Crippen molar-refractivity contribution < 1.29 is 14.6 Å². The molecule has 4 heteroatoms. The minimum Gasteiger partial charge on any atom is -0.457 e. The summed E-state index contributed by atoms with van der Waals surface area (Å²) in [5.74, 6) is 0.271. The highest BCUT2D eigenvalue weighted by Crippen LogP contribution is 2.36. The molecule has 10 heavy (non-hydrogen) atoms. The monoisotopic (exact) mass is 158 g/mol. The van der Waals surface area contributed by atoms with Gasteiger partial charge in [-0.1, -0.05) is 0 Å². The van der Waals surface area contributed by atoms with Crippen molar-refractivity contribution in [3.63, 3.8) is 0 Å². The molecular weight excluding hydrogens is 152 g/mol. The molecule has 0 aromatic carbocycles. The number of carbonyl (C=O) groups excluding carboxylic acids is 1. The van der Waals surface area contributed by atoms with Crippen molar-refractivity contribution in [3.05, 3.63) is 10.5 Å². The van der Waals surface area contributed by atoms with Crippen LogP contribution >= 0.6 is 11.8 Å². The Balaban J connectivity index is 2.36. The number of carbonyl (C=O) groups is 1. The Kier molecular flexibility index (Phi) is 1.25. The first-order chi connectivity index (χ1) is 4.79. The lowest BCUT2D eigenvalue weighted by Gasteiger charge is -2.01. The second kappa shape index (κ2) is 2.00. The van der Waals surface area contributed by atoms with E-state index >= 15 is 0 Å². The fourth-order valence-electron chi connectivity index (χ4n) is 1.10. The van der Waals surface area contributed by atoms with Crippen molar-refractivity contribution in [3.8, 4) is 0 Å². The van der Waals surface area contributed by atoms with Gasteiger partial charge < -0.3 is 9.84 Å². The zero-order valence-corrected chi connectivity index (χ0v) is 5.98. The van der Waals surface area contributed by atoms with Crippen molar-refractivity contribution in [1.82, 2.24) is 0 Å². The van der Waals surface area contributed by atoms with Gasteiger partial charge in [-0.25, -0.2) is 4.79 Å². The first-order valence-corrected chi connectivity index (χ1v) is 3.98. The highest BCUT2D eigenvalue weighted by atomic mass is 32.2. The van der Waals surface area contributed by atoms with E-state index in [1.807, 2.05) is 0 Å². The predicted octanol–water partition coefficient (Wildman–Crippen LogP) is -0.0950. The molecule has 0 saturated heterocycles. The fraction of sp³-hybridized carbons (Fsp3) is 0.500. The van der Waals surface area contributed by atoms with Gasteiger partial charge in [0.05, 0.1) is 11.7 Å². The number of esters is 1. The van der Waals surface area contributed by atoms with Gasteiger partial charge in [0.25, 0.3) is 0 Å². The quantitative estimate of drug-likeness (QED) is 0.500. The Morgan fingerprint density at radius 2 is 2.50 bits per heavy atom. The molecule has 0 aromatic heterocycles. The van der Waals surface area contributed by atoms with Gasteiger partial charge in [0.15, 0.2) is 0 Å². The largest absolute Gasteiger partial charge is 0.457 e. The zero-order valence-electron chi connectivity index (χ0n) is 5.16. The number of aliphatic hydroxyl groups is 1. The highest BCUT2D eigenvalue weighted by Gasteiger charge is 2.35. The molecule has 1 unspecified atom stereocenters. The van der Waals surface area contributed by atoms with Crippen molar-refractivity contribution in [2.75, 3.05) is 12.4 Å². The number of cyclic esters (lactones) is 1. The molecule has 2 rings (SSSR count). The van der Waals surface area contributed by atoms with Crippen molar-refractivity contribution in [2.24, 2.45) is 0 Å². The molecule has 2 aliphatic heterocycles. The van der Waals surface area contributed by atoms with Gasteiger partial charge >= 0.3 is 5.97 Å². The van der Waals surface area contributed by atoms with Crippen LogP contribution in [0.25, 0.3) is 0 Å². The third-order valence-electron chi connectivity index (χ3n) is 1.60. The lowest BCUT2D eigenvalue weighted by atomic mass is 10.2. The molecule has 0 bridgehead atoms. The summed E-state index contributed by atoms with van der Waals surface area (Å²) in [6.45, 7) is 0.371. The summed E-state index contributed by atoms with van der Waals surface area (Å²) in [6.07, 6.45) is -0.588. The number of aliphatic hydroxyl groups excluding tert-OH is 1. The summed E-state index contributed by atoms with van der Waals surface area (Å²) in [6, 6.07) is 0. The lowest BCUT2D eigenvalue weighted by Crippen LogP contribution is -2.15. The van der Waals surface area contributed by atoms with Gasteiger partial charge in [-0.2, -0.15) is 0 Å². The zero-order chi connectivity index (χ0) is 7.14. The van der Waals surface area contributed by atoms with Crippen LogP contribution in [0.3, 0.4) is 0 Å². The van der Waals surface area contributed by atoms with Crippen LogP contribution in [-0.2, 0) is 9.53 Å². The first kappa shape index (κ1) is 6.24. The third kappa shape index (κ3) is 0.690. The Labute approximate surface area is 62.1 Å². The number of hydrogen-bond donors (Lipinski definition) is 1. The minimum absolute atomic E-state index is 0.340. The predicted molar refractivity (Wildman–Crippen MR) is 36.4 cm³/mol. The topological polar surface area (TPSA) is 46.5 Å². The molecule has 1 N–H and O–H groups in total. The van der Waals surface area contributed by atoms with E-state index in [9.17, 15) is 9.90 Å². The summed E-state index contributed by atoms with van der Waals surface area (Å²) in [4.78, 5) is 11.7. The molecule has 2 heterocycles. The maximum Gasteiger partial charge on any atom is 0.337 e. The van der Waals surface area contributed by atoms with Crippen LogP contribution in [0.15, 0.2) is 10.5 Å². The lowest BCUT2D eigenvalue weighted by molar-refractivity contribution is -0.136. The van der Waals surface area contributed by atoms with E-state index in [0.717, 1.165) is 4.91 Å². The first-order valence-electron chi connectivity index (χ1n) is 3.00. The summed E-state index contributed by atoms with van der Waals surface area (Å²) >= 11 is 1.51. The van der Waals surface area contributed by atoms with Gasteiger partial charge in [0.2, 0.25) is 0 Å². The van der Waals surface area contributed by atoms with Gasteiger partial charge in [-0.05, 0) is 0 Å². The number of thioether (sulfide) groups is 1. The van der Waals surface area contributed by atoms with Gasteiger partial charge in [-0.15, -0.1) is 11.8 Å². The van der Waals surface area contributed by atoms with E-state index < -0.39 is 6.10 Å². The van der Waals surface area contributed by atoms with Gasteiger partial charge in [0, 0.05) is 10.7 Å². The standard InChI is InChI=1S/C6H6O3S/c7-3-2-10-4-1-9-6(8)5(3)4/h3,7H,1-2H2. The highest BCUT2D eigenvalue weighted by molar-refractivity contribution is 8.03. The van der Waals surface area contributed by atoms with E-state index in [0.29, 0.717) is 17.9 Å².